The first-order valence-corrected chi connectivity index (χ1v) is 11.4. The maximum absolute atomic E-state index is 12.9. The Bertz CT molecular complexity index is 856. The quantitative estimate of drug-likeness (QED) is 0.0152. The van der Waals surface area contributed by atoms with Crippen LogP contribution < -0.4 is 43.9 Å². The number of aliphatic imine (C=N–C) groups is 1. The minimum absolute atomic E-state index is 0.0734. The summed E-state index contributed by atoms with van der Waals surface area (Å²) in [5.74, 6) is -4.07. The highest BCUT2D eigenvalue weighted by Gasteiger charge is 2.28. The van der Waals surface area contributed by atoms with Crippen LogP contribution in [0, 0.1) is 0 Å². The lowest BCUT2D eigenvalue weighted by atomic mass is 10.1. The standard InChI is InChI=1S/C19H36N12O6/c1-11(27-15(33)10-25-14(32)9-20)16(34)28-12(6-4-7-24-19(21)22)17(35)29-13(18(36)37)5-2-3-8-26-31-30-23/h11-13,26H,2-10,20H2,1H3,(H,25,32)(H,27,33)(H,28,34)(H,29,35)(H,36,37)(H4,21,22,24)/t11-,12-,13-/m0/s1. The summed E-state index contributed by atoms with van der Waals surface area (Å²) in [5.41, 5.74) is 26.4. The number of aliphatic carboxylic acids is 1. The van der Waals surface area contributed by atoms with E-state index in [1.165, 1.54) is 6.92 Å². The molecule has 18 heteroatoms. The molecular formula is C19H36N12O6. The van der Waals surface area contributed by atoms with E-state index in [4.69, 9.17) is 22.7 Å². The minimum Gasteiger partial charge on any atom is -0.480 e. The van der Waals surface area contributed by atoms with Gasteiger partial charge in [0, 0.05) is 6.54 Å². The second kappa shape index (κ2) is 18.9. The van der Waals surface area contributed by atoms with E-state index in [0.29, 0.717) is 19.4 Å². The zero-order chi connectivity index (χ0) is 28.2. The van der Waals surface area contributed by atoms with Gasteiger partial charge >= 0.3 is 5.97 Å². The fraction of sp³-hybridized carbons (Fsp3) is 0.684. The molecule has 0 aliphatic heterocycles. The predicted molar refractivity (Wildman–Crippen MR) is 132 cm³/mol. The molecule has 0 spiro atoms. The van der Waals surface area contributed by atoms with Crippen molar-refractivity contribution in [3.05, 3.63) is 10.4 Å². The molecule has 0 aliphatic carbocycles. The third-order valence-electron chi connectivity index (χ3n) is 4.74. The van der Waals surface area contributed by atoms with Crippen molar-refractivity contribution in [1.82, 2.24) is 26.7 Å². The summed E-state index contributed by atoms with van der Waals surface area (Å²) in [6.45, 7) is 1.17. The van der Waals surface area contributed by atoms with Crippen molar-refractivity contribution in [1.29, 1.82) is 0 Å². The van der Waals surface area contributed by atoms with Gasteiger partial charge in [-0.2, -0.15) is 4.91 Å². The van der Waals surface area contributed by atoms with Crippen molar-refractivity contribution >= 4 is 35.6 Å². The fourth-order valence-electron chi connectivity index (χ4n) is 2.84. The average molecular weight is 529 g/mol. The molecule has 0 saturated heterocycles. The highest BCUT2D eigenvalue weighted by atomic mass is 16.4. The summed E-state index contributed by atoms with van der Waals surface area (Å²) in [4.78, 5) is 66.5. The summed E-state index contributed by atoms with van der Waals surface area (Å²) in [5, 5.41) is 22.2. The second-order valence-corrected chi connectivity index (χ2v) is 7.77. The van der Waals surface area contributed by atoms with Gasteiger partial charge in [-0.3, -0.25) is 29.6 Å². The average Bonchev–Trinajstić information content (AvgIpc) is 2.84. The van der Waals surface area contributed by atoms with Crippen molar-refractivity contribution in [3.8, 4) is 0 Å². The Morgan fingerprint density at radius 1 is 0.946 bits per heavy atom. The van der Waals surface area contributed by atoms with Crippen LogP contribution in [0.2, 0.25) is 0 Å². The van der Waals surface area contributed by atoms with Crippen molar-refractivity contribution in [2.24, 2.45) is 27.4 Å². The number of azide groups is 1. The Labute approximate surface area is 213 Å². The van der Waals surface area contributed by atoms with Crippen LogP contribution in [0.15, 0.2) is 10.2 Å². The number of guanidine groups is 1. The Kier molecular flexibility index (Phi) is 16.7. The number of unbranched alkanes of at least 4 members (excludes halogenated alkanes) is 1. The highest BCUT2D eigenvalue weighted by Crippen LogP contribution is 2.05. The maximum atomic E-state index is 12.9. The van der Waals surface area contributed by atoms with E-state index < -0.39 is 54.3 Å². The summed E-state index contributed by atoms with van der Waals surface area (Å²) in [6.07, 6.45) is 1.33. The van der Waals surface area contributed by atoms with Gasteiger partial charge in [-0.1, -0.05) is 0 Å². The molecule has 0 unspecified atom stereocenters. The largest absolute Gasteiger partial charge is 0.480 e. The van der Waals surface area contributed by atoms with Crippen molar-refractivity contribution < 1.29 is 29.1 Å². The van der Waals surface area contributed by atoms with E-state index in [0.717, 1.165) is 0 Å². The number of nitrogens with one attached hydrogen (secondary N) is 5. The lowest BCUT2D eigenvalue weighted by Crippen LogP contribution is -2.55. The normalized spacial score (nSPS) is 12.5. The number of carboxylic acids is 1. The van der Waals surface area contributed by atoms with E-state index in [1.54, 1.807) is 0 Å². The van der Waals surface area contributed by atoms with Crippen LogP contribution in [0.4, 0.5) is 0 Å². The number of hydrogen-bond donors (Lipinski definition) is 9. The summed E-state index contributed by atoms with van der Waals surface area (Å²) in [7, 11) is 0. The van der Waals surface area contributed by atoms with Gasteiger partial charge in [0.05, 0.1) is 19.6 Å². The third-order valence-corrected chi connectivity index (χ3v) is 4.74. The van der Waals surface area contributed by atoms with E-state index in [1.807, 2.05) is 0 Å². The highest BCUT2D eigenvalue weighted by molar-refractivity contribution is 5.94. The molecular weight excluding hydrogens is 492 g/mol. The van der Waals surface area contributed by atoms with Crippen molar-refractivity contribution in [2.75, 3.05) is 26.2 Å². The molecule has 0 fully saturated rings. The molecule has 0 heterocycles. The van der Waals surface area contributed by atoms with Crippen LogP contribution in [0.3, 0.4) is 0 Å². The lowest BCUT2D eigenvalue weighted by molar-refractivity contribution is -0.142. The van der Waals surface area contributed by atoms with Crippen molar-refractivity contribution in [2.45, 2.75) is 57.2 Å². The first-order valence-electron chi connectivity index (χ1n) is 11.4. The van der Waals surface area contributed by atoms with E-state index in [9.17, 15) is 29.1 Å². The number of hydrogen-bond acceptors (Lipinski definition) is 8. The molecule has 0 aromatic carbocycles. The predicted octanol–water partition coefficient (Wildman–Crippen LogP) is -3.34. The number of nitrogens with zero attached hydrogens (tertiary/aromatic N) is 4. The van der Waals surface area contributed by atoms with Gasteiger partial charge in [-0.25, -0.2) is 4.79 Å². The molecule has 37 heavy (non-hydrogen) atoms. The Hall–Kier alpha value is -4.31. The van der Waals surface area contributed by atoms with Gasteiger partial charge in [-0.05, 0) is 44.3 Å². The fourth-order valence-corrected chi connectivity index (χ4v) is 2.84. The monoisotopic (exact) mass is 528 g/mol. The molecule has 0 aromatic rings. The second-order valence-electron chi connectivity index (χ2n) is 7.77. The summed E-state index contributed by atoms with van der Waals surface area (Å²) < 4.78 is 0. The first-order chi connectivity index (χ1) is 17.5. The van der Waals surface area contributed by atoms with Gasteiger partial charge in [0.25, 0.3) is 0 Å². The lowest BCUT2D eigenvalue weighted by Gasteiger charge is -2.23. The molecule has 0 aliphatic rings. The molecule has 4 amide bonds. The number of carboxylic acid groups (broad SMARTS) is 1. The third kappa shape index (κ3) is 16.1. The Morgan fingerprint density at radius 3 is 2.19 bits per heavy atom. The zero-order valence-electron chi connectivity index (χ0n) is 20.6. The minimum atomic E-state index is -1.26. The number of nitrogens with two attached hydrogens (primary N) is 3. The SMILES string of the molecule is C[C@H](NC(=O)CNC(=O)CN)C(=O)N[C@@H](CCCN=C(N)N)C(=O)N[C@@H](CCCCNN=[N+]=[N-])C(=O)O. The smallest absolute Gasteiger partial charge is 0.326 e. The van der Waals surface area contributed by atoms with Gasteiger partial charge < -0.3 is 43.6 Å². The number of carbonyl (C=O) groups is 5. The van der Waals surface area contributed by atoms with E-state index >= 15 is 0 Å². The Morgan fingerprint density at radius 2 is 1.59 bits per heavy atom. The van der Waals surface area contributed by atoms with Crippen LogP contribution in [-0.4, -0.2) is 85.0 Å². The van der Waals surface area contributed by atoms with Crippen LogP contribution in [0.1, 0.15) is 39.0 Å². The molecule has 18 nitrogen and oxygen atoms in total. The molecule has 0 aromatic heterocycles. The van der Waals surface area contributed by atoms with Gasteiger partial charge in [0.1, 0.15) is 18.1 Å². The van der Waals surface area contributed by atoms with Gasteiger partial charge in [-0.15, -0.1) is 5.53 Å². The van der Waals surface area contributed by atoms with E-state index in [-0.39, 0.29) is 38.3 Å². The van der Waals surface area contributed by atoms with Gasteiger partial charge in [0.15, 0.2) is 5.96 Å². The maximum Gasteiger partial charge on any atom is 0.326 e. The molecule has 0 saturated carbocycles. The molecule has 0 bridgehead atoms. The van der Waals surface area contributed by atoms with Crippen LogP contribution >= 0.6 is 0 Å². The first kappa shape index (κ1) is 32.7. The molecule has 12 N–H and O–H groups in total. The molecule has 3 atom stereocenters. The summed E-state index contributed by atoms with van der Waals surface area (Å²) >= 11 is 0. The Balaban J connectivity index is 5.13. The van der Waals surface area contributed by atoms with Crippen LogP contribution in [-0.2, 0) is 24.0 Å². The number of amides is 4. The molecule has 0 rings (SSSR count). The zero-order valence-corrected chi connectivity index (χ0v) is 20.6. The molecule has 0 radical (unpaired) electrons. The topological polar surface area (TPSA) is 305 Å². The summed E-state index contributed by atoms with van der Waals surface area (Å²) in [6, 6.07) is -3.45. The van der Waals surface area contributed by atoms with Crippen LogP contribution in [0.5, 0.6) is 0 Å². The number of carbonyl (C=O) groups excluding carboxylic acids is 4. The van der Waals surface area contributed by atoms with E-state index in [2.05, 4.69) is 41.8 Å². The number of rotatable bonds is 19. The van der Waals surface area contributed by atoms with Gasteiger partial charge in [0.2, 0.25) is 23.6 Å². The molecule has 208 valence electrons. The van der Waals surface area contributed by atoms with Crippen LogP contribution in [0.25, 0.3) is 10.4 Å². The van der Waals surface area contributed by atoms with Crippen molar-refractivity contribution in [3.63, 3.8) is 0 Å².